The van der Waals surface area contributed by atoms with Crippen molar-refractivity contribution in [3.63, 3.8) is 0 Å². The highest BCUT2D eigenvalue weighted by Gasteiger charge is 2.26. The van der Waals surface area contributed by atoms with Gasteiger partial charge in [-0.25, -0.2) is 4.39 Å². The number of benzene rings is 2. The summed E-state index contributed by atoms with van der Waals surface area (Å²) in [5, 5.41) is 0. The van der Waals surface area contributed by atoms with Gasteiger partial charge in [0.15, 0.2) is 0 Å². The summed E-state index contributed by atoms with van der Waals surface area (Å²) in [5.41, 5.74) is 2.77. The lowest BCUT2D eigenvalue weighted by atomic mass is 10.1. The van der Waals surface area contributed by atoms with E-state index >= 15 is 0 Å². The Balaban J connectivity index is 1.73. The van der Waals surface area contributed by atoms with Crippen molar-refractivity contribution in [2.75, 3.05) is 19.7 Å². The van der Waals surface area contributed by atoms with Gasteiger partial charge in [0.05, 0.1) is 13.2 Å². The van der Waals surface area contributed by atoms with Crippen LogP contribution < -0.4 is 0 Å². The molecule has 0 spiro atoms. The molecule has 3 rings (SSSR count). The number of carbonyl (C=O) groups excluding carboxylic acids is 1. The van der Waals surface area contributed by atoms with Crippen molar-refractivity contribution in [3.05, 3.63) is 71.0 Å². The van der Waals surface area contributed by atoms with E-state index in [1.54, 1.807) is 4.90 Å². The summed E-state index contributed by atoms with van der Waals surface area (Å²) in [7, 11) is 0. The maximum atomic E-state index is 13.0. The minimum atomic E-state index is -0.337. The Morgan fingerprint density at radius 1 is 1.14 bits per heavy atom. The third-order valence-electron chi connectivity index (χ3n) is 3.89. The molecule has 0 aliphatic carbocycles. The van der Waals surface area contributed by atoms with E-state index in [9.17, 15) is 9.18 Å². The quantitative estimate of drug-likeness (QED) is 0.851. The molecule has 1 atom stereocenters. The van der Waals surface area contributed by atoms with Gasteiger partial charge in [0, 0.05) is 12.1 Å². The predicted octanol–water partition coefficient (Wildman–Crippen LogP) is 3.35. The molecule has 114 valence electrons. The summed E-state index contributed by atoms with van der Waals surface area (Å²) in [6.45, 7) is 3.61. The van der Waals surface area contributed by atoms with E-state index < -0.39 is 0 Å². The van der Waals surface area contributed by atoms with Crippen LogP contribution in [0.1, 0.15) is 27.6 Å². The Bertz CT molecular complexity index is 652. The summed E-state index contributed by atoms with van der Waals surface area (Å²) in [6.07, 6.45) is -0.112. The van der Waals surface area contributed by atoms with Crippen LogP contribution in [0.15, 0.2) is 48.5 Å². The first-order chi connectivity index (χ1) is 10.6. The zero-order valence-corrected chi connectivity index (χ0v) is 12.5. The third-order valence-corrected chi connectivity index (χ3v) is 3.89. The lowest BCUT2D eigenvalue weighted by Gasteiger charge is -2.33. The van der Waals surface area contributed by atoms with Crippen molar-refractivity contribution in [3.8, 4) is 0 Å². The molecule has 1 saturated heterocycles. The average molecular weight is 299 g/mol. The number of amides is 1. The number of aryl methyl sites for hydroxylation is 1. The maximum absolute atomic E-state index is 13.0. The number of hydrogen-bond donors (Lipinski definition) is 0. The van der Waals surface area contributed by atoms with Crippen LogP contribution in [0.2, 0.25) is 0 Å². The fraction of sp³-hybridized carbons (Fsp3) is 0.278. The van der Waals surface area contributed by atoms with Gasteiger partial charge in [-0.2, -0.15) is 0 Å². The molecule has 2 aromatic rings. The molecular formula is C18H18FNO2. The first-order valence-electron chi connectivity index (χ1n) is 7.36. The minimum absolute atomic E-state index is 0.0830. The maximum Gasteiger partial charge on any atom is 0.254 e. The lowest BCUT2D eigenvalue weighted by molar-refractivity contribution is -0.0228. The van der Waals surface area contributed by atoms with Crippen LogP contribution in [0.4, 0.5) is 4.39 Å². The largest absolute Gasteiger partial charge is 0.370 e. The van der Waals surface area contributed by atoms with Gasteiger partial charge in [-0.15, -0.1) is 0 Å². The highest BCUT2D eigenvalue weighted by Crippen LogP contribution is 2.23. The average Bonchev–Trinajstić information content (AvgIpc) is 2.56. The van der Waals surface area contributed by atoms with Gasteiger partial charge < -0.3 is 9.64 Å². The number of nitrogens with zero attached hydrogens (tertiary/aromatic N) is 1. The molecule has 2 aromatic carbocycles. The lowest BCUT2D eigenvalue weighted by Crippen LogP contribution is -2.42. The third kappa shape index (κ3) is 3.17. The number of hydrogen-bond acceptors (Lipinski definition) is 2. The molecule has 1 fully saturated rings. The Kier molecular flexibility index (Phi) is 4.20. The second-order valence-electron chi connectivity index (χ2n) is 5.53. The van der Waals surface area contributed by atoms with Gasteiger partial charge in [0.1, 0.15) is 11.9 Å². The van der Waals surface area contributed by atoms with Gasteiger partial charge in [-0.1, -0.05) is 29.8 Å². The van der Waals surface area contributed by atoms with Crippen molar-refractivity contribution in [2.24, 2.45) is 0 Å². The van der Waals surface area contributed by atoms with Crippen LogP contribution in [0.3, 0.4) is 0 Å². The van der Waals surface area contributed by atoms with E-state index in [0.717, 1.165) is 5.56 Å². The van der Waals surface area contributed by atoms with Gasteiger partial charge in [-0.3, -0.25) is 4.79 Å². The Hall–Kier alpha value is -2.20. The van der Waals surface area contributed by atoms with Crippen LogP contribution in [-0.2, 0) is 4.74 Å². The van der Waals surface area contributed by atoms with E-state index in [4.69, 9.17) is 4.74 Å². The highest BCUT2D eigenvalue weighted by atomic mass is 19.1. The van der Waals surface area contributed by atoms with Gasteiger partial charge >= 0.3 is 0 Å². The molecule has 4 heteroatoms. The second kappa shape index (κ2) is 6.28. The number of carbonyl (C=O) groups is 1. The normalized spacial score (nSPS) is 18.3. The topological polar surface area (TPSA) is 29.5 Å². The first-order valence-corrected chi connectivity index (χ1v) is 7.36. The van der Waals surface area contributed by atoms with Gasteiger partial charge in [0.2, 0.25) is 0 Å². The van der Waals surface area contributed by atoms with Crippen molar-refractivity contribution in [1.82, 2.24) is 4.90 Å². The SMILES string of the molecule is Cc1ccc(C2CN(C(=O)c3ccc(F)cc3)CCO2)cc1. The van der Waals surface area contributed by atoms with Crippen molar-refractivity contribution < 1.29 is 13.9 Å². The Labute approximate surface area is 129 Å². The Morgan fingerprint density at radius 2 is 1.82 bits per heavy atom. The molecule has 0 bridgehead atoms. The number of morpholine rings is 1. The molecule has 0 aromatic heterocycles. The van der Waals surface area contributed by atoms with Crippen LogP contribution in [0.5, 0.6) is 0 Å². The molecule has 3 nitrogen and oxygen atoms in total. The van der Waals surface area contributed by atoms with Crippen LogP contribution in [0.25, 0.3) is 0 Å². The smallest absolute Gasteiger partial charge is 0.254 e. The van der Waals surface area contributed by atoms with Crippen molar-refractivity contribution in [1.29, 1.82) is 0 Å². The molecule has 1 heterocycles. The number of rotatable bonds is 2. The highest BCUT2D eigenvalue weighted by molar-refractivity contribution is 5.94. The summed E-state index contributed by atoms with van der Waals surface area (Å²) < 4.78 is 18.7. The van der Waals surface area contributed by atoms with Crippen molar-refractivity contribution in [2.45, 2.75) is 13.0 Å². The predicted molar refractivity (Wildman–Crippen MR) is 82.2 cm³/mol. The van der Waals surface area contributed by atoms with E-state index in [2.05, 4.69) is 0 Å². The zero-order valence-electron chi connectivity index (χ0n) is 12.5. The molecule has 0 saturated carbocycles. The van der Waals surface area contributed by atoms with E-state index in [0.29, 0.717) is 25.3 Å². The number of halogens is 1. The van der Waals surface area contributed by atoms with Crippen LogP contribution in [-0.4, -0.2) is 30.5 Å². The van der Waals surface area contributed by atoms with Crippen LogP contribution >= 0.6 is 0 Å². The summed E-state index contributed by atoms with van der Waals surface area (Å²) in [6, 6.07) is 13.8. The minimum Gasteiger partial charge on any atom is -0.370 e. The molecule has 1 unspecified atom stereocenters. The summed E-state index contributed by atoms with van der Waals surface area (Å²) in [4.78, 5) is 14.3. The molecule has 1 aliphatic heterocycles. The first kappa shape index (κ1) is 14.7. The molecule has 1 amide bonds. The summed E-state index contributed by atoms with van der Waals surface area (Å²) >= 11 is 0. The fourth-order valence-electron chi connectivity index (χ4n) is 2.59. The second-order valence-corrected chi connectivity index (χ2v) is 5.53. The Morgan fingerprint density at radius 3 is 2.50 bits per heavy atom. The molecule has 22 heavy (non-hydrogen) atoms. The van der Waals surface area contributed by atoms with E-state index in [1.807, 2.05) is 31.2 Å². The molecule has 0 radical (unpaired) electrons. The van der Waals surface area contributed by atoms with E-state index in [-0.39, 0.29) is 17.8 Å². The number of ether oxygens (including phenoxy) is 1. The fourth-order valence-corrected chi connectivity index (χ4v) is 2.59. The molecular weight excluding hydrogens is 281 g/mol. The van der Waals surface area contributed by atoms with Crippen LogP contribution in [0, 0.1) is 12.7 Å². The zero-order chi connectivity index (χ0) is 15.5. The van der Waals surface area contributed by atoms with E-state index in [1.165, 1.54) is 29.8 Å². The molecule has 1 aliphatic rings. The van der Waals surface area contributed by atoms with Gasteiger partial charge in [0.25, 0.3) is 5.91 Å². The molecule has 0 N–H and O–H groups in total. The van der Waals surface area contributed by atoms with Crippen molar-refractivity contribution >= 4 is 5.91 Å². The monoisotopic (exact) mass is 299 g/mol. The summed E-state index contributed by atoms with van der Waals surface area (Å²) in [5.74, 6) is -0.420. The van der Waals surface area contributed by atoms with Gasteiger partial charge in [-0.05, 0) is 36.8 Å². The standard InChI is InChI=1S/C18H18FNO2/c1-13-2-4-14(5-3-13)17-12-20(10-11-22-17)18(21)15-6-8-16(19)9-7-15/h2-9,17H,10-12H2,1H3.